The number of hydrogen-bond donors (Lipinski definition) is 0. The molecule has 0 saturated carbocycles. The number of carbonyl (C=O) groups excluding carboxylic acids is 2. The van der Waals surface area contributed by atoms with E-state index in [0.29, 0.717) is 18.7 Å². The van der Waals surface area contributed by atoms with Crippen molar-refractivity contribution in [2.75, 3.05) is 18.1 Å². The van der Waals surface area contributed by atoms with Gasteiger partial charge in [0, 0.05) is 35.8 Å². The van der Waals surface area contributed by atoms with Crippen LogP contribution >= 0.6 is 15.9 Å². The van der Waals surface area contributed by atoms with Gasteiger partial charge in [-0.2, -0.15) is 0 Å². The molecule has 3 rings (SSSR count). The highest BCUT2D eigenvalue weighted by Crippen LogP contribution is 2.37. The summed E-state index contributed by atoms with van der Waals surface area (Å²) in [6, 6.07) is 3.80. The van der Waals surface area contributed by atoms with Gasteiger partial charge in [0.25, 0.3) is 0 Å². The van der Waals surface area contributed by atoms with Crippen LogP contribution in [0, 0.1) is 0 Å². The number of amides is 1. The largest absolute Gasteiger partial charge is 0.367 e. The maximum Gasteiger partial charge on any atom is 0.223 e. The van der Waals surface area contributed by atoms with Crippen LogP contribution in [0.3, 0.4) is 0 Å². The first-order valence-corrected chi connectivity index (χ1v) is 8.01. The Morgan fingerprint density at radius 1 is 1.38 bits per heavy atom. The Hall–Kier alpha value is -1.20. The number of nitrogens with zero attached hydrogens (tertiary/aromatic N) is 1. The molecule has 1 aromatic rings. The summed E-state index contributed by atoms with van der Waals surface area (Å²) in [7, 11) is 0. The van der Waals surface area contributed by atoms with Crippen LogP contribution in [0.15, 0.2) is 16.6 Å². The molecule has 4 nitrogen and oxygen atoms in total. The normalized spacial score (nSPS) is 24.2. The van der Waals surface area contributed by atoms with E-state index in [4.69, 9.17) is 4.74 Å². The lowest BCUT2D eigenvalue weighted by atomic mass is 9.91. The lowest BCUT2D eigenvalue weighted by Gasteiger charge is -2.23. The van der Waals surface area contributed by atoms with Crippen molar-refractivity contribution in [3.8, 4) is 0 Å². The van der Waals surface area contributed by atoms with E-state index in [2.05, 4.69) is 15.9 Å². The molecular formula is C16H18BrNO3. The summed E-state index contributed by atoms with van der Waals surface area (Å²) in [4.78, 5) is 26.2. The van der Waals surface area contributed by atoms with Gasteiger partial charge in [-0.15, -0.1) is 0 Å². The number of rotatable bonds is 2. The summed E-state index contributed by atoms with van der Waals surface area (Å²) >= 11 is 3.50. The van der Waals surface area contributed by atoms with Gasteiger partial charge in [0.15, 0.2) is 5.78 Å². The van der Waals surface area contributed by atoms with E-state index in [9.17, 15) is 9.59 Å². The monoisotopic (exact) mass is 351 g/mol. The Morgan fingerprint density at radius 2 is 2.14 bits per heavy atom. The Labute approximate surface area is 132 Å². The highest BCUT2D eigenvalue weighted by molar-refractivity contribution is 9.10. The van der Waals surface area contributed by atoms with Crippen LogP contribution in [-0.2, 0) is 16.0 Å². The van der Waals surface area contributed by atoms with E-state index in [-0.39, 0.29) is 11.7 Å². The molecule has 2 aliphatic rings. The summed E-state index contributed by atoms with van der Waals surface area (Å²) in [5.74, 6) is 0.00266. The predicted octanol–water partition coefficient (Wildman–Crippen LogP) is 3.11. The third-order valence-electron chi connectivity index (χ3n) is 4.39. The molecule has 0 aromatic heterocycles. The number of ether oxygens (including phenoxy) is 1. The topological polar surface area (TPSA) is 46.6 Å². The van der Waals surface area contributed by atoms with Crippen LogP contribution in [0.1, 0.15) is 42.6 Å². The standard InChI is InChI=1S/C16H18BrNO3/c1-10(19)18-6-4-11-8-13(17)12(9-14(11)18)15(20)16(2)5-3-7-21-16/h8-9H,3-7H2,1-2H3. The third-order valence-corrected chi connectivity index (χ3v) is 5.04. The van der Waals surface area contributed by atoms with Crippen molar-refractivity contribution in [1.29, 1.82) is 0 Å². The maximum absolute atomic E-state index is 12.8. The number of halogens is 1. The van der Waals surface area contributed by atoms with Crippen LogP contribution in [0.2, 0.25) is 0 Å². The molecule has 0 spiro atoms. The van der Waals surface area contributed by atoms with Crippen molar-refractivity contribution in [2.24, 2.45) is 0 Å². The second kappa shape index (κ2) is 5.21. The Bertz CT molecular complexity index is 620. The number of ketones is 1. The van der Waals surface area contributed by atoms with Crippen LogP contribution in [0.5, 0.6) is 0 Å². The molecular weight excluding hydrogens is 334 g/mol. The SMILES string of the molecule is CC(=O)N1CCc2cc(Br)c(C(=O)C3(C)CCCO3)cc21. The van der Waals surface area contributed by atoms with Gasteiger partial charge in [-0.3, -0.25) is 9.59 Å². The molecule has 0 bridgehead atoms. The minimum Gasteiger partial charge on any atom is -0.367 e. The fourth-order valence-corrected chi connectivity index (χ4v) is 3.72. The minimum absolute atomic E-state index is 0.00919. The van der Waals surface area contributed by atoms with Crippen LogP contribution in [0.4, 0.5) is 5.69 Å². The van der Waals surface area contributed by atoms with Crippen LogP contribution < -0.4 is 4.90 Å². The van der Waals surface area contributed by atoms with Gasteiger partial charge in [-0.05, 0) is 43.9 Å². The zero-order valence-corrected chi connectivity index (χ0v) is 13.8. The highest BCUT2D eigenvalue weighted by atomic mass is 79.9. The van der Waals surface area contributed by atoms with E-state index < -0.39 is 5.60 Å². The first kappa shape index (κ1) is 14.7. The fraction of sp³-hybridized carbons (Fsp3) is 0.500. The zero-order valence-electron chi connectivity index (χ0n) is 12.2. The van der Waals surface area contributed by atoms with E-state index in [1.807, 2.05) is 19.1 Å². The molecule has 5 heteroatoms. The van der Waals surface area contributed by atoms with E-state index in [1.165, 1.54) is 0 Å². The molecule has 0 aliphatic carbocycles. The number of hydrogen-bond acceptors (Lipinski definition) is 3. The average molecular weight is 352 g/mol. The van der Waals surface area contributed by atoms with Crippen molar-refractivity contribution in [3.05, 3.63) is 27.7 Å². The van der Waals surface area contributed by atoms with E-state index in [0.717, 1.165) is 35.0 Å². The molecule has 2 aliphatic heterocycles. The third kappa shape index (κ3) is 2.42. The second-order valence-corrected chi connectivity index (χ2v) is 6.75. The Kier molecular flexibility index (Phi) is 3.66. The van der Waals surface area contributed by atoms with Crippen molar-refractivity contribution >= 4 is 33.3 Å². The smallest absolute Gasteiger partial charge is 0.223 e. The maximum atomic E-state index is 12.8. The first-order valence-electron chi connectivity index (χ1n) is 7.22. The van der Waals surface area contributed by atoms with Gasteiger partial charge in [-0.1, -0.05) is 15.9 Å². The molecule has 0 N–H and O–H groups in total. The van der Waals surface area contributed by atoms with Crippen molar-refractivity contribution < 1.29 is 14.3 Å². The van der Waals surface area contributed by atoms with Gasteiger partial charge < -0.3 is 9.64 Å². The average Bonchev–Trinajstić information content (AvgIpc) is 3.03. The van der Waals surface area contributed by atoms with E-state index in [1.54, 1.807) is 11.8 Å². The lowest BCUT2D eigenvalue weighted by molar-refractivity contribution is -0.116. The minimum atomic E-state index is -0.740. The van der Waals surface area contributed by atoms with Gasteiger partial charge in [0.2, 0.25) is 5.91 Å². The van der Waals surface area contributed by atoms with Crippen molar-refractivity contribution in [3.63, 3.8) is 0 Å². The molecule has 21 heavy (non-hydrogen) atoms. The summed E-state index contributed by atoms with van der Waals surface area (Å²) in [5, 5.41) is 0. The Balaban J connectivity index is 2.02. The van der Waals surface area contributed by atoms with Gasteiger partial charge in [0.05, 0.1) is 0 Å². The predicted molar refractivity (Wildman–Crippen MR) is 83.8 cm³/mol. The van der Waals surface area contributed by atoms with Crippen molar-refractivity contribution in [2.45, 2.75) is 38.7 Å². The molecule has 1 aromatic carbocycles. The number of anilines is 1. The molecule has 1 fully saturated rings. The van der Waals surface area contributed by atoms with Crippen molar-refractivity contribution in [1.82, 2.24) is 0 Å². The fourth-order valence-electron chi connectivity index (χ4n) is 3.15. The number of carbonyl (C=O) groups is 2. The summed E-state index contributed by atoms with van der Waals surface area (Å²) in [6.45, 7) is 4.72. The quantitative estimate of drug-likeness (QED) is 0.769. The van der Waals surface area contributed by atoms with Gasteiger partial charge >= 0.3 is 0 Å². The highest BCUT2D eigenvalue weighted by Gasteiger charge is 2.39. The zero-order chi connectivity index (χ0) is 15.2. The molecule has 1 unspecified atom stereocenters. The lowest BCUT2D eigenvalue weighted by Crippen LogP contribution is -2.34. The summed E-state index contributed by atoms with van der Waals surface area (Å²) < 4.78 is 6.44. The number of Topliss-reactive ketones (excluding diaryl/α,β-unsaturated/α-hetero) is 1. The first-order chi connectivity index (χ1) is 9.92. The van der Waals surface area contributed by atoms with Crippen LogP contribution in [0.25, 0.3) is 0 Å². The molecule has 2 heterocycles. The second-order valence-electron chi connectivity index (χ2n) is 5.89. The summed E-state index contributed by atoms with van der Waals surface area (Å²) in [6.07, 6.45) is 2.48. The molecule has 1 atom stereocenters. The molecule has 112 valence electrons. The molecule has 1 amide bonds. The van der Waals surface area contributed by atoms with E-state index >= 15 is 0 Å². The molecule has 1 saturated heterocycles. The van der Waals surface area contributed by atoms with Crippen LogP contribution in [-0.4, -0.2) is 30.4 Å². The number of fused-ring (bicyclic) bond motifs is 1. The number of benzene rings is 1. The van der Waals surface area contributed by atoms with Gasteiger partial charge in [-0.25, -0.2) is 0 Å². The van der Waals surface area contributed by atoms with Gasteiger partial charge in [0.1, 0.15) is 5.60 Å². The molecule has 0 radical (unpaired) electrons. The Morgan fingerprint density at radius 3 is 2.76 bits per heavy atom. The summed E-state index contributed by atoms with van der Waals surface area (Å²) in [5.41, 5.74) is 1.82.